The smallest absolute Gasteiger partial charge is 0.291 e. The summed E-state index contributed by atoms with van der Waals surface area (Å²) in [6, 6.07) is 0. The van der Waals surface area contributed by atoms with Crippen molar-refractivity contribution in [3.63, 3.8) is 0 Å². The van der Waals surface area contributed by atoms with E-state index in [1.54, 1.807) is 14.0 Å². The second-order valence-electron chi connectivity index (χ2n) is 1.18. The number of nitrogens with two attached hydrogens (primary N) is 1. The fourth-order valence-corrected chi connectivity index (χ4v) is 0. The molecular weight excluding hydrogens is 128 g/mol. The van der Waals surface area contributed by atoms with Crippen LogP contribution in [0.4, 0.5) is 0 Å². The van der Waals surface area contributed by atoms with Crippen molar-refractivity contribution in [3.8, 4) is 0 Å². The minimum Gasteiger partial charge on any atom is -0.367 e. The summed E-state index contributed by atoms with van der Waals surface area (Å²) in [5, 5.41) is 13.6. The van der Waals surface area contributed by atoms with Crippen LogP contribution in [-0.4, -0.2) is 23.6 Å². The van der Waals surface area contributed by atoms with Gasteiger partial charge in [-0.25, -0.2) is 0 Å². The molecule has 0 saturated heterocycles. The first-order valence-corrected chi connectivity index (χ1v) is 2.12. The van der Waals surface area contributed by atoms with Crippen LogP contribution >= 0.6 is 0 Å². The van der Waals surface area contributed by atoms with Crippen molar-refractivity contribution >= 4 is 0 Å². The highest BCUT2D eigenvalue weighted by atomic mass is 16.9. The van der Waals surface area contributed by atoms with Gasteiger partial charge in [0.2, 0.25) is 0 Å². The Kier molecular flexibility index (Phi) is 8.69. The first-order valence-electron chi connectivity index (χ1n) is 2.12. The fraction of sp³-hybridized carbons (Fsp3) is 1.00. The van der Waals surface area contributed by atoms with Crippen LogP contribution in [0, 0.1) is 10.1 Å². The number of hydrogen-bond acceptors (Lipinski definition) is 4. The number of ether oxygens (including phenoxy) is 1. The molecule has 0 spiro atoms. The van der Waals surface area contributed by atoms with Crippen LogP contribution in [0.15, 0.2) is 0 Å². The summed E-state index contributed by atoms with van der Waals surface area (Å²) < 4.78 is 4.53. The van der Waals surface area contributed by atoms with Gasteiger partial charge in [-0.05, 0) is 6.92 Å². The Labute approximate surface area is 52.3 Å². The van der Waals surface area contributed by atoms with Gasteiger partial charge >= 0.3 is 0 Å². The van der Waals surface area contributed by atoms with Gasteiger partial charge in [-0.2, -0.15) is 0 Å². The molecule has 6 nitrogen and oxygen atoms in total. The van der Waals surface area contributed by atoms with Gasteiger partial charge < -0.3 is 15.7 Å². The number of nitrogens with zero attached hydrogens (tertiary/aromatic N) is 1. The van der Waals surface area contributed by atoms with E-state index < -0.39 is 5.09 Å². The lowest BCUT2D eigenvalue weighted by atomic mass is 10.7. The largest absolute Gasteiger partial charge is 0.367 e. The average molecular weight is 138 g/mol. The molecule has 0 fully saturated rings. The molecule has 6 heteroatoms. The third kappa shape index (κ3) is 149. The van der Waals surface area contributed by atoms with E-state index in [0.29, 0.717) is 0 Å². The first-order chi connectivity index (χ1) is 4.00. The molecule has 0 heterocycles. The lowest BCUT2D eigenvalue weighted by molar-refractivity contribution is -0.742. The summed E-state index contributed by atoms with van der Waals surface area (Å²) in [6.07, 6.45) is -0.116. The summed E-state index contributed by atoms with van der Waals surface area (Å²) in [4.78, 5) is 8.36. The zero-order chi connectivity index (χ0) is 7.86. The second-order valence-corrected chi connectivity index (χ2v) is 1.18. The monoisotopic (exact) mass is 138 g/mol. The van der Waals surface area contributed by atoms with Crippen LogP contribution in [0.3, 0.4) is 0 Å². The van der Waals surface area contributed by atoms with Gasteiger partial charge in [-0.15, -0.1) is 10.1 Å². The Balaban J connectivity index is 0. The average Bonchev–Trinajstić information content (AvgIpc) is 1.65. The van der Waals surface area contributed by atoms with Crippen LogP contribution in [-0.2, 0) is 4.74 Å². The maximum absolute atomic E-state index is 8.36. The molecule has 1 unspecified atom stereocenters. The third-order valence-electron chi connectivity index (χ3n) is 0.372. The Morgan fingerprint density at radius 2 is 2.00 bits per heavy atom. The summed E-state index contributed by atoms with van der Waals surface area (Å²) in [6.45, 7) is 1.78. The van der Waals surface area contributed by atoms with Gasteiger partial charge in [0.05, 0.1) is 0 Å². The van der Waals surface area contributed by atoms with Gasteiger partial charge in [0.1, 0.15) is 6.23 Å². The second kappa shape index (κ2) is 7.12. The highest BCUT2D eigenvalue weighted by molar-refractivity contribution is 4.23. The predicted molar refractivity (Wildman–Crippen MR) is 29.4 cm³/mol. The maximum atomic E-state index is 8.36. The van der Waals surface area contributed by atoms with E-state index in [1.807, 2.05) is 0 Å². The lowest BCUT2D eigenvalue weighted by Crippen LogP contribution is -2.15. The molecule has 0 aliphatic rings. The fourth-order valence-electron chi connectivity index (χ4n) is 0. The van der Waals surface area contributed by atoms with E-state index in [4.69, 9.17) is 21.1 Å². The normalized spacial score (nSPS) is 11.0. The van der Waals surface area contributed by atoms with E-state index in [-0.39, 0.29) is 6.23 Å². The lowest BCUT2D eigenvalue weighted by Gasteiger charge is -1.95. The molecule has 0 amide bonds. The van der Waals surface area contributed by atoms with Crippen molar-refractivity contribution in [1.82, 2.24) is 0 Å². The van der Waals surface area contributed by atoms with Crippen LogP contribution in [0.1, 0.15) is 6.92 Å². The molecule has 0 aromatic heterocycles. The van der Waals surface area contributed by atoms with Gasteiger partial charge in [-0.1, -0.05) is 0 Å². The van der Waals surface area contributed by atoms with Crippen LogP contribution in [0.5, 0.6) is 0 Å². The third-order valence-corrected chi connectivity index (χ3v) is 0.372. The molecule has 3 N–H and O–H groups in total. The molecular formula is C3H10N2O4. The summed E-state index contributed by atoms with van der Waals surface area (Å²) in [5.41, 5.74) is 5.07. The minimum absolute atomic E-state index is 0.116. The SMILES string of the molecule is COC(C)N.O=[N+]([O-])O. The van der Waals surface area contributed by atoms with Crippen molar-refractivity contribution in [2.24, 2.45) is 5.73 Å². The number of rotatable bonds is 1. The summed E-state index contributed by atoms with van der Waals surface area (Å²) in [7, 11) is 1.57. The van der Waals surface area contributed by atoms with E-state index in [0.717, 1.165) is 0 Å². The Hall–Kier alpha value is -0.880. The first kappa shape index (κ1) is 11.0. The van der Waals surface area contributed by atoms with Crippen molar-refractivity contribution in [1.29, 1.82) is 0 Å². The molecule has 9 heavy (non-hydrogen) atoms. The Morgan fingerprint density at radius 1 is 1.89 bits per heavy atom. The Morgan fingerprint density at radius 3 is 2.00 bits per heavy atom. The van der Waals surface area contributed by atoms with E-state index in [9.17, 15) is 0 Å². The zero-order valence-electron chi connectivity index (χ0n) is 5.27. The van der Waals surface area contributed by atoms with E-state index >= 15 is 0 Å². The van der Waals surface area contributed by atoms with Gasteiger partial charge in [0.25, 0.3) is 5.09 Å². The molecule has 0 aliphatic heterocycles. The Bertz CT molecular complexity index is 70.2. The van der Waals surface area contributed by atoms with Crippen molar-refractivity contribution < 1.29 is 15.0 Å². The van der Waals surface area contributed by atoms with Gasteiger partial charge in [0.15, 0.2) is 0 Å². The van der Waals surface area contributed by atoms with E-state index in [1.165, 1.54) is 0 Å². The number of hydrogen-bond donors (Lipinski definition) is 2. The molecule has 1 atom stereocenters. The molecule has 56 valence electrons. The van der Waals surface area contributed by atoms with Crippen LogP contribution < -0.4 is 5.73 Å². The molecule has 0 aliphatic carbocycles. The molecule has 0 rings (SSSR count). The van der Waals surface area contributed by atoms with Crippen LogP contribution in [0.2, 0.25) is 0 Å². The maximum Gasteiger partial charge on any atom is 0.291 e. The molecule has 0 saturated carbocycles. The highest BCUT2D eigenvalue weighted by Gasteiger charge is 1.78. The molecule has 0 aromatic carbocycles. The van der Waals surface area contributed by atoms with Crippen molar-refractivity contribution in [2.75, 3.05) is 7.11 Å². The molecule has 0 aromatic rings. The quantitative estimate of drug-likeness (QED) is 0.291. The van der Waals surface area contributed by atoms with Crippen molar-refractivity contribution in [2.45, 2.75) is 13.2 Å². The minimum atomic E-state index is -1.50. The standard InChI is InChI=1S/C3H9NO.HNO3/c1-3(4)5-2;2-1(3)4/h3H,4H2,1-2H3;(H,2,3,4). The van der Waals surface area contributed by atoms with Gasteiger partial charge in [0, 0.05) is 7.11 Å². The summed E-state index contributed by atoms with van der Waals surface area (Å²) in [5.74, 6) is 0. The molecule has 0 bridgehead atoms. The van der Waals surface area contributed by atoms with E-state index in [2.05, 4.69) is 4.74 Å². The highest BCUT2D eigenvalue weighted by Crippen LogP contribution is 1.66. The van der Waals surface area contributed by atoms with Gasteiger partial charge in [-0.3, -0.25) is 0 Å². The van der Waals surface area contributed by atoms with Crippen molar-refractivity contribution in [3.05, 3.63) is 10.1 Å². The molecule has 0 radical (unpaired) electrons. The van der Waals surface area contributed by atoms with Crippen LogP contribution in [0.25, 0.3) is 0 Å². The summed E-state index contributed by atoms with van der Waals surface area (Å²) >= 11 is 0. The topological polar surface area (TPSA) is 98.6 Å². The number of methoxy groups -OCH3 is 1. The zero-order valence-corrected chi connectivity index (χ0v) is 5.27. The predicted octanol–water partition coefficient (Wildman–Crippen LogP) is -0.410.